The average Bonchev–Trinajstić information content (AvgIpc) is 3.43. The standard InChI is InChI=1S/C36H32BNO2/c1-35(2)36(3,4)40-37(39-35)27-20-23-32-31(24-27)33-29(25-14-8-5-9-15-25)21-22-30(26-16-10-6-11-17-26)34(33)38(32)28-18-12-7-13-19-28/h5-24H,1-4H3. The molecule has 1 aliphatic rings. The lowest BCUT2D eigenvalue weighted by Gasteiger charge is -2.32. The van der Waals surface area contributed by atoms with Gasteiger partial charge in [0.25, 0.3) is 0 Å². The van der Waals surface area contributed by atoms with Crippen molar-refractivity contribution in [1.82, 2.24) is 4.57 Å². The van der Waals surface area contributed by atoms with Crippen molar-refractivity contribution in [3.63, 3.8) is 0 Å². The average molecular weight is 521 g/mol. The van der Waals surface area contributed by atoms with Gasteiger partial charge in [-0.25, -0.2) is 0 Å². The van der Waals surface area contributed by atoms with Gasteiger partial charge in [-0.3, -0.25) is 0 Å². The summed E-state index contributed by atoms with van der Waals surface area (Å²) in [4.78, 5) is 0. The minimum atomic E-state index is -0.429. The smallest absolute Gasteiger partial charge is 0.399 e. The van der Waals surface area contributed by atoms with Gasteiger partial charge >= 0.3 is 7.12 Å². The molecule has 0 spiro atoms. The maximum atomic E-state index is 6.48. The minimum absolute atomic E-state index is 0.402. The van der Waals surface area contributed by atoms with Crippen molar-refractivity contribution in [2.75, 3.05) is 0 Å². The van der Waals surface area contributed by atoms with E-state index in [2.05, 4.69) is 154 Å². The highest BCUT2D eigenvalue weighted by molar-refractivity contribution is 6.62. The highest BCUT2D eigenvalue weighted by Gasteiger charge is 2.51. The van der Waals surface area contributed by atoms with Gasteiger partial charge < -0.3 is 13.9 Å². The highest BCUT2D eigenvalue weighted by atomic mass is 16.7. The molecule has 1 aromatic heterocycles. The van der Waals surface area contributed by atoms with Crippen molar-refractivity contribution in [3.05, 3.63) is 121 Å². The maximum absolute atomic E-state index is 6.48. The SMILES string of the molecule is CC1(C)OB(c2ccc3c(c2)c2c(-c4ccccc4)ccc(-c4ccccc4)c2n3-c2ccccc2)OC1(C)C. The number of para-hydroxylation sites is 1. The molecule has 1 saturated heterocycles. The largest absolute Gasteiger partial charge is 0.494 e. The molecule has 0 atom stereocenters. The van der Waals surface area contributed by atoms with Crippen LogP contribution in [0.3, 0.4) is 0 Å². The highest BCUT2D eigenvalue weighted by Crippen LogP contribution is 2.43. The van der Waals surface area contributed by atoms with Gasteiger partial charge in [0.15, 0.2) is 0 Å². The van der Waals surface area contributed by atoms with Gasteiger partial charge in [-0.2, -0.15) is 0 Å². The molecule has 0 N–H and O–H groups in total. The van der Waals surface area contributed by atoms with Crippen LogP contribution in [0.4, 0.5) is 0 Å². The Morgan fingerprint density at radius 1 is 0.575 bits per heavy atom. The molecule has 7 rings (SSSR count). The molecule has 0 amide bonds. The van der Waals surface area contributed by atoms with E-state index in [1.807, 2.05) is 0 Å². The summed E-state index contributed by atoms with van der Waals surface area (Å²) >= 11 is 0. The molecule has 40 heavy (non-hydrogen) atoms. The summed E-state index contributed by atoms with van der Waals surface area (Å²) in [6.07, 6.45) is 0. The van der Waals surface area contributed by atoms with E-state index in [-0.39, 0.29) is 0 Å². The lowest BCUT2D eigenvalue weighted by atomic mass is 9.78. The van der Waals surface area contributed by atoms with Gasteiger partial charge in [-0.15, -0.1) is 0 Å². The summed E-state index contributed by atoms with van der Waals surface area (Å²) in [5, 5.41) is 2.41. The first kappa shape index (κ1) is 24.9. The van der Waals surface area contributed by atoms with E-state index in [0.717, 1.165) is 16.7 Å². The zero-order valence-electron chi connectivity index (χ0n) is 23.4. The molecule has 1 fully saturated rings. The summed E-state index contributed by atoms with van der Waals surface area (Å²) in [7, 11) is -0.429. The van der Waals surface area contributed by atoms with Gasteiger partial charge in [0.1, 0.15) is 0 Å². The fraction of sp³-hybridized carbons (Fsp3) is 0.167. The Kier molecular flexibility index (Phi) is 5.74. The number of nitrogens with zero attached hydrogens (tertiary/aromatic N) is 1. The topological polar surface area (TPSA) is 23.4 Å². The summed E-state index contributed by atoms with van der Waals surface area (Å²) in [5.41, 5.74) is 8.50. The van der Waals surface area contributed by atoms with Crippen LogP contribution in [0.15, 0.2) is 121 Å². The van der Waals surface area contributed by atoms with Crippen LogP contribution in [0, 0.1) is 0 Å². The van der Waals surface area contributed by atoms with Gasteiger partial charge in [-0.05, 0) is 68.0 Å². The Hall–Kier alpha value is -4.12. The molecule has 1 aliphatic heterocycles. The third-order valence-electron chi connectivity index (χ3n) is 8.64. The molecule has 0 aliphatic carbocycles. The van der Waals surface area contributed by atoms with E-state index in [9.17, 15) is 0 Å². The molecule has 196 valence electrons. The third-order valence-corrected chi connectivity index (χ3v) is 8.64. The molecule has 2 heterocycles. The van der Waals surface area contributed by atoms with Crippen LogP contribution in [0.25, 0.3) is 49.7 Å². The third kappa shape index (κ3) is 3.90. The fourth-order valence-electron chi connectivity index (χ4n) is 5.85. The normalized spacial score (nSPS) is 16.1. The summed E-state index contributed by atoms with van der Waals surface area (Å²) in [6, 6.07) is 43.2. The van der Waals surface area contributed by atoms with Crippen LogP contribution < -0.4 is 5.46 Å². The molecule has 6 aromatic rings. The van der Waals surface area contributed by atoms with E-state index in [0.29, 0.717) is 0 Å². The summed E-state index contributed by atoms with van der Waals surface area (Å²) in [5.74, 6) is 0. The van der Waals surface area contributed by atoms with Gasteiger partial charge in [-0.1, -0.05) is 103 Å². The zero-order chi connectivity index (χ0) is 27.5. The minimum Gasteiger partial charge on any atom is -0.399 e. The van der Waals surface area contributed by atoms with Crippen LogP contribution in [-0.4, -0.2) is 22.9 Å². The van der Waals surface area contributed by atoms with Crippen LogP contribution >= 0.6 is 0 Å². The Morgan fingerprint density at radius 3 is 1.70 bits per heavy atom. The molecule has 3 nitrogen and oxygen atoms in total. The molecule has 5 aromatic carbocycles. The first-order valence-electron chi connectivity index (χ1n) is 14.0. The predicted octanol–water partition coefficient (Wildman–Crippen LogP) is 8.42. The molecule has 0 unspecified atom stereocenters. The Bertz CT molecular complexity index is 1820. The summed E-state index contributed by atoms with van der Waals surface area (Å²) < 4.78 is 15.4. The first-order chi connectivity index (χ1) is 19.3. The monoisotopic (exact) mass is 521 g/mol. The molecular weight excluding hydrogens is 489 g/mol. The predicted molar refractivity (Wildman–Crippen MR) is 167 cm³/mol. The van der Waals surface area contributed by atoms with Crippen LogP contribution in [0.5, 0.6) is 0 Å². The second-order valence-corrected chi connectivity index (χ2v) is 11.7. The Balaban J connectivity index is 1.59. The molecule has 4 heteroatoms. The van der Waals surface area contributed by atoms with Crippen LogP contribution in [0.2, 0.25) is 0 Å². The second kappa shape index (κ2) is 9.23. The summed E-state index contributed by atoms with van der Waals surface area (Å²) in [6.45, 7) is 8.41. The number of aromatic nitrogens is 1. The van der Waals surface area contributed by atoms with E-state index < -0.39 is 18.3 Å². The number of hydrogen-bond donors (Lipinski definition) is 0. The van der Waals surface area contributed by atoms with Crippen molar-refractivity contribution >= 4 is 34.4 Å². The van der Waals surface area contributed by atoms with Crippen LogP contribution in [0.1, 0.15) is 27.7 Å². The van der Waals surface area contributed by atoms with Crippen molar-refractivity contribution in [3.8, 4) is 27.9 Å². The van der Waals surface area contributed by atoms with Gasteiger partial charge in [0.2, 0.25) is 0 Å². The second-order valence-electron chi connectivity index (χ2n) is 11.7. The number of benzene rings is 5. The van der Waals surface area contributed by atoms with Gasteiger partial charge in [0, 0.05) is 22.0 Å². The molecular formula is C36H32BNO2. The number of hydrogen-bond acceptors (Lipinski definition) is 2. The molecule has 0 radical (unpaired) electrons. The Morgan fingerprint density at radius 2 is 1.10 bits per heavy atom. The Labute approximate surface area is 236 Å². The van der Waals surface area contributed by atoms with Crippen molar-refractivity contribution in [1.29, 1.82) is 0 Å². The van der Waals surface area contributed by atoms with E-state index in [4.69, 9.17) is 9.31 Å². The zero-order valence-corrected chi connectivity index (χ0v) is 23.4. The first-order valence-corrected chi connectivity index (χ1v) is 14.0. The van der Waals surface area contributed by atoms with E-state index in [1.54, 1.807) is 0 Å². The van der Waals surface area contributed by atoms with E-state index >= 15 is 0 Å². The lowest BCUT2D eigenvalue weighted by molar-refractivity contribution is 0.00578. The fourth-order valence-corrected chi connectivity index (χ4v) is 5.85. The van der Waals surface area contributed by atoms with Gasteiger partial charge in [0.05, 0.1) is 22.2 Å². The number of rotatable bonds is 4. The molecule has 0 bridgehead atoms. The molecule has 0 saturated carbocycles. The van der Waals surface area contributed by atoms with Crippen molar-refractivity contribution < 1.29 is 9.31 Å². The quantitative estimate of drug-likeness (QED) is 0.218. The maximum Gasteiger partial charge on any atom is 0.494 e. The number of fused-ring (bicyclic) bond motifs is 3. The van der Waals surface area contributed by atoms with Crippen molar-refractivity contribution in [2.45, 2.75) is 38.9 Å². The van der Waals surface area contributed by atoms with Crippen molar-refractivity contribution in [2.24, 2.45) is 0 Å². The van der Waals surface area contributed by atoms with Crippen LogP contribution in [-0.2, 0) is 9.31 Å². The van der Waals surface area contributed by atoms with E-state index in [1.165, 1.54) is 38.5 Å². The lowest BCUT2D eigenvalue weighted by Crippen LogP contribution is -2.41.